The highest BCUT2D eigenvalue weighted by atomic mass is 19.1. The molecule has 0 radical (unpaired) electrons. The minimum atomic E-state index is -0.222. The Balaban J connectivity index is 1.38. The maximum atomic E-state index is 13.1. The fraction of sp³-hybridized carbons (Fsp3) is 0.650. The number of ether oxygens (including phenoxy) is 1. The van der Waals surface area contributed by atoms with E-state index in [-0.39, 0.29) is 11.8 Å². The predicted molar refractivity (Wildman–Crippen MR) is 105 cm³/mol. The lowest BCUT2D eigenvalue weighted by molar-refractivity contribution is 0.113. The van der Waals surface area contributed by atoms with Crippen molar-refractivity contribution in [3.05, 3.63) is 30.1 Å². The number of nitrogens with zero attached hydrogens (tertiary/aromatic N) is 3. The third-order valence-corrected chi connectivity index (χ3v) is 5.52. The van der Waals surface area contributed by atoms with E-state index in [1.54, 1.807) is 19.2 Å². The van der Waals surface area contributed by atoms with Crippen LogP contribution < -0.4 is 10.2 Å². The molecule has 3 rings (SSSR count). The molecule has 2 amide bonds. The second kappa shape index (κ2) is 9.90. The molecule has 7 heteroatoms. The molecule has 1 aromatic carbocycles. The molecule has 2 heterocycles. The van der Waals surface area contributed by atoms with E-state index in [0.717, 1.165) is 51.6 Å². The molecule has 1 N–H and O–H groups in total. The van der Waals surface area contributed by atoms with Crippen LogP contribution in [0.4, 0.5) is 14.9 Å². The first kappa shape index (κ1) is 19.9. The number of methoxy groups -OCH3 is 1. The van der Waals surface area contributed by atoms with Crippen molar-refractivity contribution in [2.45, 2.75) is 12.8 Å². The molecule has 2 fully saturated rings. The molecule has 0 aliphatic carbocycles. The number of carbonyl (C=O) groups excluding carboxylic acids is 1. The summed E-state index contributed by atoms with van der Waals surface area (Å²) in [6.07, 6.45) is 2.35. The van der Waals surface area contributed by atoms with Crippen LogP contribution in [0.15, 0.2) is 24.3 Å². The van der Waals surface area contributed by atoms with Gasteiger partial charge in [0.05, 0.1) is 6.61 Å². The second-order valence-corrected chi connectivity index (χ2v) is 7.44. The first-order valence-electron chi connectivity index (χ1n) is 9.90. The molecule has 150 valence electrons. The molecular weight excluding hydrogens is 347 g/mol. The van der Waals surface area contributed by atoms with Gasteiger partial charge in [0.25, 0.3) is 0 Å². The van der Waals surface area contributed by atoms with Crippen LogP contribution in [0.3, 0.4) is 0 Å². The third-order valence-electron chi connectivity index (χ3n) is 5.52. The van der Waals surface area contributed by atoms with Gasteiger partial charge in [-0.05, 0) is 49.6 Å². The molecule has 0 saturated carbocycles. The predicted octanol–water partition coefficient (Wildman–Crippen LogP) is 2.02. The molecular formula is C20H31FN4O2. The van der Waals surface area contributed by atoms with Crippen LogP contribution in [0.2, 0.25) is 0 Å². The van der Waals surface area contributed by atoms with Gasteiger partial charge < -0.3 is 24.8 Å². The molecule has 2 saturated heterocycles. The van der Waals surface area contributed by atoms with Gasteiger partial charge in [0.15, 0.2) is 0 Å². The highest BCUT2D eigenvalue weighted by Gasteiger charge is 2.24. The zero-order valence-corrected chi connectivity index (χ0v) is 16.2. The van der Waals surface area contributed by atoms with Crippen molar-refractivity contribution >= 4 is 11.7 Å². The molecule has 1 atom stereocenters. The van der Waals surface area contributed by atoms with E-state index in [1.807, 2.05) is 4.90 Å². The fourth-order valence-corrected chi connectivity index (χ4v) is 3.90. The molecule has 0 aromatic heterocycles. The fourth-order valence-electron chi connectivity index (χ4n) is 3.90. The number of likely N-dealkylation sites (tertiary alicyclic amines) is 1. The quantitative estimate of drug-likeness (QED) is 0.823. The second-order valence-electron chi connectivity index (χ2n) is 7.44. The summed E-state index contributed by atoms with van der Waals surface area (Å²) in [4.78, 5) is 19.0. The average Bonchev–Trinajstić information content (AvgIpc) is 2.71. The minimum Gasteiger partial charge on any atom is -0.383 e. The maximum absolute atomic E-state index is 13.1. The van der Waals surface area contributed by atoms with Gasteiger partial charge in [-0.15, -0.1) is 0 Å². The summed E-state index contributed by atoms with van der Waals surface area (Å²) in [6, 6.07) is 6.58. The number of rotatable bonds is 6. The third kappa shape index (κ3) is 5.81. The summed E-state index contributed by atoms with van der Waals surface area (Å²) in [5, 5.41) is 3.12. The molecule has 2 aliphatic rings. The Hall–Kier alpha value is -1.86. The minimum absolute atomic E-state index is 0.0303. The van der Waals surface area contributed by atoms with Crippen LogP contribution in [0.1, 0.15) is 12.8 Å². The molecule has 1 unspecified atom stereocenters. The topological polar surface area (TPSA) is 48.1 Å². The highest BCUT2D eigenvalue weighted by molar-refractivity contribution is 5.74. The van der Waals surface area contributed by atoms with E-state index in [0.29, 0.717) is 19.0 Å². The molecule has 0 spiro atoms. The van der Waals surface area contributed by atoms with Crippen molar-refractivity contribution in [2.75, 3.05) is 71.0 Å². The number of anilines is 1. The highest BCUT2D eigenvalue weighted by Crippen LogP contribution is 2.18. The number of carbonyl (C=O) groups is 1. The zero-order valence-electron chi connectivity index (χ0n) is 16.2. The van der Waals surface area contributed by atoms with Crippen molar-refractivity contribution in [3.8, 4) is 0 Å². The van der Waals surface area contributed by atoms with Crippen molar-refractivity contribution in [1.29, 1.82) is 0 Å². The summed E-state index contributed by atoms with van der Waals surface area (Å²) in [7, 11) is 1.73. The van der Waals surface area contributed by atoms with Crippen LogP contribution >= 0.6 is 0 Å². The van der Waals surface area contributed by atoms with Gasteiger partial charge in [0.1, 0.15) is 5.82 Å². The normalized spacial score (nSPS) is 21.3. The smallest absolute Gasteiger partial charge is 0.317 e. The first-order valence-corrected chi connectivity index (χ1v) is 9.90. The summed E-state index contributed by atoms with van der Waals surface area (Å²) in [5.74, 6) is 0.292. The van der Waals surface area contributed by atoms with E-state index < -0.39 is 0 Å². The number of hydrogen-bond acceptors (Lipinski definition) is 4. The Morgan fingerprint density at radius 2 is 1.93 bits per heavy atom. The van der Waals surface area contributed by atoms with E-state index in [9.17, 15) is 9.18 Å². The number of halogens is 1. The molecule has 2 aliphatic heterocycles. The first-order chi connectivity index (χ1) is 13.2. The Morgan fingerprint density at radius 3 is 2.63 bits per heavy atom. The number of nitrogens with one attached hydrogen (secondary N) is 1. The number of amides is 2. The van der Waals surface area contributed by atoms with E-state index in [4.69, 9.17) is 4.74 Å². The lowest BCUT2D eigenvalue weighted by atomic mass is 9.98. The Morgan fingerprint density at radius 1 is 1.19 bits per heavy atom. The van der Waals surface area contributed by atoms with E-state index in [1.165, 1.54) is 25.0 Å². The Bertz CT molecular complexity index is 590. The summed E-state index contributed by atoms with van der Waals surface area (Å²) in [6.45, 7) is 7.54. The monoisotopic (exact) mass is 378 g/mol. The van der Waals surface area contributed by atoms with E-state index >= 15 is 0 Å². The van der Waals surface area contributed by atoms with Crippen LogP contribution in [0, 0.1) is 11.7 Å². The Kier molecular flexibility index (Phi) is 7.29. The SMILES string of the molecule is COCCN1CCCC(CNC(=O)N2CCN(c3ccc(F)cc3)CC2)C1. The van der Waals surface area contributed by atoms with Gasteiger partial charge in [0, 0.05) is 58.6 Å². The van der Waals surface area contributed by atoms with Crippen molar-refractivity contribution in [2.24, 2.45) is 5.92 Å². The number of benzene rings is 1. The van der Waals surface area contributed by atoms with Crippen LogP contribution in [-0.4, -0.2) is 81.9 Å². The number of urea groups is 1. The standard InChI is InChI=1S/C20H31FN4O2/c1-27-14-13-23-8-2-3-17(16-23)15-22-20(26)25-11-9-24(10-12-25)19-6-4-18(21)5-7-19/h4-7,17H,2-3,8-16H2,1H3,(H,22,26). The molecule has 1 aromatic rings. The molecule has 27 heavy (non-hydrogen) atoms. The van der Waals surface area contributed by atoms with Crippen molar-refractivity contribution in [3.63, 3.8) is 0 Å². The summed E-state index contributed by atoms with van der Waals surface area (Å²) >= 11 is 0. The molecule has 0 bridgehead atoms. The Labute approximate surface area is 161 Å². The van der Waals surface area contributed by atoms with Crippen molar-refractivity contribution in [1.82, 2.24) is 15.1 Å². The van der Waals surface area contributed by atoms with E-state index in [2.05, 4.69) is 15.1 Å². The largest absolute Gasteiger partial charge is 0.383 e. The van der Waals surface area contributed by atoms with Gasteiger partial charge in [0.2, 0.25) is 0 Å². The van der Waals surface area contributed by atoms with Gasteiger partial charge in [-0.25, -0.2) is 9.18 Å². The van der Waals surface area contributed by atoms with Crippen LogP contribution in [-0.2, 0) is 4.74 Å². The lowest BCUT2D eigenvalue weighted by Gasteiger charge is -2.37. The van der Waals surface area contributed by atoms with Crippen LogP contribution in [0.5, 0.6) is 0 Å². The summed E-state index contributed by atoms with van der Waals surface area (Å²) < 4.78 is 18.2. The lowest BCUT2D eigenvalue weighted by Crippen LogP contribution is -2.53. The van der Waals surface area contributed by atoms with Gasteiger partial charge in [-0.3, -0.25) is 0 Å². The average molecular weight is 378 g/mol. The number of piperidine rings is 1. The molecule has 6 nitrogen and oxygen atoms in total. The van der Waals surface area contributed by atoms with Gasteiger partial charge in [-0.2, -0.15) is 0 Å². The number of piperazine rings is 1. The zero-order chi connectivity index (χ0) is 19.1. The summed E-state index contributed by atoms with van der Waals surface area (Å²) in [5.41, 5.74) is 1.01. The van der Waals surface area contributed by atoms with Crippen LogP contribution in [0.25, 0.3) is 0 Å². The number of hydrogen-bond donors (Lipinski definition) is 1. The van der Waals surface area contributed by atoms with Crippen molar-refractivity contribution < 1.29 is 13.9 Å². The van der Waals surface area contributed by atoms with Gasteiger partial charge in [-0.1, -0.05) is 0 Å². The van der Waals surface area contributed by atoms with Gasteiger partial charge >= 0.3 is 6.03 Å². The maximum Gasteiger partial charge on any atom is 0.317 e.